The monoisotopic (exact) mass is 502 g/mol. The topological polar surface area (TPSA) is 36.9 Å². The summed E-state index contributed by atoms with van der Waals surface area (Å²) in [6.45, 7) is 12.6. The lowest BCUT2D eigenvalue weighted by atomic mass is 9.87. The van der Waals surface area contributed by atoms with Crippen LogP contribution in [0.15, 0.2) is 24.3 Å². The maximum Gasteiger partial charge on any atom is 0.157 e. The van der Waals surface area contributed by atoms with Gasteiger partial charge in [0.05, 0.1) is 13.2 Å². The van der Waals surface area contributed by atoms with Crippen LogP contribution in [0.2, 0.25) is 0 Å². The molecular weight excluding hydrogens is 448 g/mol. The zero-order valence-electron chi connectivity index (χ0n) is 23.8. The number of ether oxygens (including phenoxy) is 4. The maximum absolute atomic E-state index is 6.05. The third-order valence-electron chi connectivity index (χ3n) is 7.73. The van der Waals surface area contributed by atoms with Crippen molar-refractivity contribution in [3.8, 4) is 0 Å². The number of benzene rings is 1. The Kier molecular flexibility index (Phi) is 12.7. The van der Waals surface area contributed by atoms with Crippen molar-refractivity contribution in [3.63, 3.8) is 0 Å². The van der Waals surface area contributed by atoms with E-state index in [4.69, 9.17) is 18.9 Å². The van der Waals surface area contributed by atoms with Crippen LogP contribution in [-0.4, -0.2) is 39.0 Å². The fourth-order valence-corrected chi connectivity index (χ4v) is 5.27. The van der Waals surface area contributed by atoms with E-state index in [2.05, 4.69) is 52.0 Å². The molecule has 4 nitrogen and oxygen atoms in total. The molecule has 36 heavy (non-hydrogen) atoms. The summed E-state index contributed by atoms with van der Waals surface area (Å²) in [5.41, 5.74) is 3.40. The van der Waals surface area contributed by atoms with E-state index in [1.165, 1.54) is 88.2 Å². The quantitative estimate of drug-likeness (QED) is 0.213. The van der Waals surface area contributed by atoms with Crippen molar-refractivity contribution in [3.05, 3.63) is 35.4 Å². The molecule has 3 rings (SSSR count). The van der Waals surface area contributed by atoms with E-state index in [-0.39, 0.29) is 23.4 Å². The van der Waals surface area contributed by atoms with Crippen LogP contribution in [0.4, 0.5) is 0 Å². The van der Waals surface area contributed by atoms with E-state index in [0.29, 0.717) is 0 Å². The Balaban J connectivity index is 1.27. The SMILES string of the molecule is CC(C)(CCCCc1cccc(CCCCC(C)(C)COC2CCCCO2)c1)COC1CCCCO1. The smallest absolute Gasteiger partial charge is 0.157 e. The molecule has 0 bridgehead atoms. The Morgan fingerprint density at radius 2 is 1.17 bits per heavy atom. The summed E-state index contributed by atoms with van der Waals surface area (Å²) in [6, 6.07) is 9.27. The van der Waals surface area contributed by atoms with E-state index in [9.17, 15) is 0 Å². The van der Waals surface area contributed by atoms with Gasteiger partial charge < -0.3 is 18.9 Å². The normalized spacial score (nSPS) is 21.6. The third kappa shape index (κ3) is 12.1. The summed E-state index contributed by atoms with van der Waals surface area (Å²) in [6.07, 6.45) is 16.7. The Morgan fingerprint density at radius 1 is 0.694 bits per heavy atom. The third-order valence-corrected chi connectivity index (χ3v) is 7.73. The highest BCUT2D eigenvalue weighted by atomic mass is 16.7. The molecular formula is C32H54O4. The summed E-state index contributed by atoms with van der Waals surface area (Å²) in [4.78, 5) is 0. The number of aryl methyl sites for hydroxylation is 2. The number of unbranched alkanes of at least 4 members (excludes halogenated alkanes) is 2. The minimum absolute atomic E-state index is 0.0244. The van der Waals surface area contributed by atoms with Crippen molar-refractivity contribution in [2.24, 2.45) is 10.8 Å². The standard InChI is InChI=1S/C32H54O4/c1-31(2,25-35-29-18-7-11-22-33-29)20-9-5-14-27-16-13-17-28(24-27)15-6-10-21-32(3,4)26-36-30-19-8-12-23-34-30/h13,16-17,24,29-30H,5-12,14-15,18-23,25-26H2,1-4H3. The van der Waals surface area contributed by atoms with Crippen molar-refractivity contribution in [1.82, 2.24) is 0 Å². The number of hydrogen-bond acceptors (Lipinski definition) is 4. The van der Waals surface area contributed by atoms with E-state index in [1.54, 1.807) is 0 Å². The zero-order valence-corrected chi connectivity index (χ0v) is 23.8. The molecule has 0 saturated carbocycles. The highest BCUT2D eigenvalue weighted by Gasteiger charge is 2.23. The summed E-state index contributed by atoms with van der Waals surface area (Å²) in [5.74, 6) is 0. The van der Waals surface area contributed by atoms with Crippen molar-refractivity contribution in [1.29, 1.82) is 0 Å². The van der Waals surface area contributed by atoms with Crippen LogP contribution < -0.4 is 0 Å². The van der Waals surface area contributed by atoms with Gasteiger partial charge in [0.15, 0.2) is 12.6 Å². The van der Waals surface area contributed by atoms with Crippen LogP contribution in [0, 0.1) is 10.8 Å². The highest BCUT2D eigenvalue weighted by molar-refractivity contribution is 5.23. The molecule has 0 aliphatic carbocycles. The van der Waals surface area contributed by atoms with Crippen LogP contribution in [0.1, 0.15) is 116 Å². The Hall–Kier alpha value is -0.940. The second kappa shape index (κ2) is 15.5. The molecule has 4 heteroatoms. The maximum atomic E-state index is 6.05. The zero-order chi connectivity index (χ0) is 25.7. The molecule has 2 atom stereocenters. The van der Waals surface area contributed by atoms with Gasteiger partial charge in [0.1, 0.15) is 0 Å². The molecule has 0 N–H and O–H groups in total. The fourth-order valence-electron chi connectivity index (χ4n) is 5.27. The molecule has 0 spiro atoms. The van der Waals surface area contributed by atoms with Gasteiger partial charge in [-0.25, -0.2) is 0 Å². The van der Waals surface area contributed by atoms with Gasteiger partial charge in [0, 0.05) is 13.2 Å². The predicted molar refractivity (Wildman–Crippen MR) is 148 cm³/mol. The molecule has 2 aliphatic rings. The van der Waals surface area contributed by atoms with Crippen molar-refractivity contribution < 1.29 is 18.9 Å². The van der Waals surface area contributed by atoms with E-state index in [0.717, 1.165) is 39.3 Å². The van der Waals surface area contributed by atoms with Gasteiger partial charge in [0.2, 0.25) is 0 Å². The first-order valence-corrected chi connectivity index (χ1v) is 14.9. The molecule has 2 unspecified atom stereocenters. The molecule has 1 aromatic carbocycles. The van der Waals surface area contributed by atoms with Gasteiger partial charge in [-0.05, 0) is 99.0 Å². The Labute approximate surface area is 221 Å². The van der Waals surface area contributed by atoms with Crippen molar-refractivity contribution in [2.45, 2.75) is 130 Å². The van der Waals surface area contributed by atoms with Gasteiger partial charge in [-0.1, -0.05) is 64.8 Å². The van der Waals surface area contributed by atoms with E-state index in [1.807, 2.05) is 0 Å². The lowest BCUT2D eigenvalue weighted by Crippen LogP contribution is -2.28. The predicted octanol–water partition coefficient (Wildman–Crippen LogP) is 8.25. The summed E-state index contributed by atoms with van der Waals surface area (Å²) in [5, 5.41) is 0. The molecule has 1 aromatic rings. The summed E-state index contributed by atoms with van der Waals surface area (Å²) < 4.78 is 23.5. The second-order valence-electron chi connectivity index (χ2n) is 12.8. The van der Waals surface area contributed by atoms with Gasteiger partial charge in [-0.2, -0.15) is 0 Å². The molecule has 0 aromatic heterocycles. The first-order chi connectivity index (χ1) is 17.3. The first-order valence-electron chi connectivity index (χ1n) is 14.9. The molecule has 206 valence electrons. The lowest BCUT2D eigenvalue weighted by molar-refractivity contribution is -0.176. The molecule has 2 saturated heterocycles. The van der Waals surface area contributed by atoms with Crippen LogP contribution in [-0.2, 0) is 31.8 Å². The van der Waals surface area contributed by atoms with Crippen LogP contribution in [0.25, 0.3) is 0 Å². The Bertz CT molecular complexity index is 659. The average molecular weight is 503 g/mol. The average Bonchev–Trinajstić information content (AvgIpc) is 2.89. The number of rotatable bonds is 16. The highest BCUT2D eigenvalue weighted by Crippen LogP contribution is 2.28. The lowest BCUT2D eigenvalue weighted by Gasteiger charge is -2.29. The molecule has 0 radical (unpaired) electrons. The Morgan fingerprint density at radius 3 is 1.58 bits per heavy atom. The van der Waals surface area contributed by atoms with Gasteiger partial charge in [0.25, 0.3) is 0 Å². The summed E-state index contributed by atoms with van der Waals surface area (Å²) >= 11 is 0. The van der Waals surface area contributed by atoms with Crippen molar-refractivity contribution in [2.75, 3.05) is 26.4 Å². The molecule has 2 aliphatic heterocycles. The van der Waals surface area contributed by atoms with E-state index < -0.39 is 0 Å². The first kappa shape index (κ1) is 29.6. The number of hydrogen-bond donors (Lipinski definition) is 0. The largest absolute Gasteiger partial charge is 0.353 e. The van der Waals surface area contributed by atoms with Gasteiger partial charge in [-0.3, -0.25) is 0 Å². The van der Waals surface area contributed by atoms with Crippen LogP contribution >= 0.6 is 0 Å². The van der Waals surface area contributed by atoms with Crippen molar-refractivity contribution >= 4 is 0 Å². The fraction of sp³-hybridized carbons (Fsp3) is 0.812. The van der Waals surface area contributed by atoms with Gasteiger partial charge in [-0.15, -0.1) is 0 Å². The van der Waals surface area contributed by atoms with Crippen LogP contribution in [0.5, 0.6) is 0 Å². The molecule has 0 amide bonds. The van der Waals surface area contributed by atoms with Gasteiger partial charge >= 0.3 is 0 Å². The second-order valence-corrected chi connectivity index (χ2v) is 12.8. The molecule has 2 heterocycles. The summed E-state index contributed by atoms with van der Waals surface area (Å²) in [7, 11) is 0. The molecule has 2 fully saturated rings. The minimum Gasteiger partial charge on any atom is -0.353 e. The van der Waals surface area contributed by atoms with Crippen LogP contribution in [0.3, 0.4) is 0 Å². The minimum atomic E-state index is 0.0244. The van der Waals surface area contributed by atoms with E-state index >= 15 is 0 Å².